The molecule has 5 heteroatoms. The van der Waals surface area contributed by atoms with E-state index >= 15 is 0 Å². The van der Waals surface area contributed by atoms with Crippen molar-refractivity contribution in [2.24, 2.45) is 11.7 Å². The molecular weight excluding hydrogens is 268 g/mol. The standard InChI is InChI=1S/C16H24N2O3/c1-18(16(19)11-15(17)12-3-4-12)9-10-21-14-7-5-13(20-2)6-8-14/h5-8,12,15H,3-4,9-11,17H2,1-2H3. The molecule has 1 aromatic rings. The van der Waals surface area contributed by atoms with Crippen molar-refractivity contribution in [3.05, 3.63) is 24.3 Å². The van der Waals surface area contributed by atoms with Gasteiger partial charge in [-0.15, -0.1) is 0 Å². The molecule has 0 heterocycles. The molecule has 1 unspecified atom stereocenters. The lowest BCUT2D eigenvalue weighted by Gasteiger charge is -2.19. The van der Waals surface area contributed by atoms with Crippen molar-refractivity contribution in [1.29, 1.82) is 0 Å². The van der Waals surface area contributed by atoms with Crippen LogP contribution in [0.1, 0.15) is 19.3 Å². The molecule has 2 N–H and O–H groups in total. The predicted molar refractivity (Wildman–Crippen MR) is 81.4 cm³/mol. The smallest absolute Gasteiger partial charge is 0.223 e. The van der Waals surface area contributed by atoms with E-state index in [1.165, 1.54) is 12.8 Å². The number of rotatable bonds is 8. The highest BCUT2D eigenvalue weighted by atomic mass is 16.5. The number of carbonyl (C=O) groups is 1. The van der Waals surface area contributed by atoms with E-state index in [4.69, 9.17) is 15.2 Å². The summed E-state index contributed by atoms with van der Waals surface area (Å²) < 4.78 is 10.7. The van der Waals surface area contributed by atoms with Crippen LogP contribution in [0.15, 0.2) is 24.3 Å². The Hall–Kier alpha value is -1.75. The fraction of sp³-hybridized carbons (Fsp3) is 0.562. The quantitative estimate of drug-likeness (QED) is 0.791. The molecule has 1 atom stereocenters. The van der Waals surface area contributed by atoms with Crippen molar-refractivity contribution in [3.63, 3.8) is 0 Å². The van der Waals surface area contributed by atoms with Gasteiger partial charge in [0.25, 0.3) is 0 Å². The Bertz CT molecular complexity index is 457. The van der Waals surface area contributed by atoms with Gasteiger partial charge in [0.05, 0.1) is 13.7 Å². The second-order valence-electron chi connectivity index (χ2n) is 5.54. The minimum absolute atomic E-state index is 0.0162. The molecule has 1 aliphatic rings. The Balaban J connectivity index is 1.67. The monoisotopic (exact) mass is 292 g/mol. The van der Waals surface area contributed by atoms with Crippen LogP contribution in [0.3, 0.4) is 0 Å². The van der Waals surface area contributed by atoms with E-state index in [1.54, 1.807) is 19.1 Å². The summed E-state index contributed by atoms with van der Waals surface area (Å²) in [5.74, 6) is 2.21. The highest BCUT2D eigenvalue weighted by molar-refractivity contribution is 5.76. The first kappa shape index (κ1) is 15.6. The van der Waals surface area contributed by atoms with Crippen molar-refractivity contribution >= 4 is 5.91 Å². The van der Waals surface area contributed by atoms with Crippen LogP contribution in [-0.2, 0) is 4.79 Å². The maximum absolute atomic E-state index is 12.0. The van der Waals surface area contributed by atoms with Crippen molar-refractivity contribution < 1.29 is 14.3 Å². The number of carbonyl (C=O) groups excluding carboxylic acids is 1. The van der Waals surface area contributed by atoms with Gasteiger partial charge in [0, 0.05) is 19.5 Å². The minimum atomic E-state index is 0.0162. The van der Waals surface area contributed by atoms with E-state index in [0.717, 1.165) is 11.5 Å². The molecule has 21 heavy (non-hydrogen) atoms. The number of nitrogens with zero attached hydrogens (tertiary/aromatic N) is 1. The molecule has 0 spiro atoms. The van der Waals surface area contributed by atoms with Crippen molar-refractivity contribution in [1.82, 2.24) is 4.90 Å². The van der Waals surface area contributed by atoms with Crippen LogP contribution < -0.4 is 15.2 Å². The molecule has 0 radical (unpaired) electrons. The fourth-order valence-electron chi connectivity index (χ4n) is 2.15. The van der Waals surface area contributed by atoms with Crippen LogP contribution in [0.5, 0.6) is 11.5 Å². The Labute approximate surface area is 126 Å². The third-order valence-corrected chi connectivity index (χ3v) is 3.82. The van der Waals surface area contributed by atoms with Gasteiger partial charge in [0.15, 0.2) is 0 Å². The van der Waals surface area contributed by atoms with Gasteiger partial charge in [0.1, 0.15) is 18.1 Å². The third-order valence-electron chi connectivity index (χ3n) is 3.82. The SMILES string of the molecule is COc1ccc(OCCN(C)C(=O)CC(N)C2CC2)cc1. The van der Waals surface area contributed by atoms with Crippen LogP contribution in [0.2, 0.25) is 0 Å². The molecular formula is C16H24N2O3. The Morgan fingerprint density at radius 2 is 1.95 bits per heavy atom. The average molecular weight is 292 g/mol. The predicted octanol–water partition coefficient (Wildman–Crippen LogP) is 1.66. The maximum Gasteiger partial charge on any atom is 0.223 e. The number of methoxy groups -OCH3 is 1. The second kappa shape index (κ2) is 7.31. The number of ether oxygens (including phenoxy) is 2. The summed E-state index contributed by atoms with van der Waals surface area (Å²) in [6.45, 7) is 1.02. The molecule has 2 rings (SSSR count). The summed E-state index contributed by atoms with van der Waals surface area (Å²) in [4.78, 5) is 13.7. The maximum atomic E-state index is 12.0. The van der Waals surface area contributed by atoms with Gasteiger partial charge in [-0.2, -0.15) is 0 Å². The number of benzene rings is 1. The molecule has 0 saturated heterocycles. The summed E-state index contributed by atoms with van der Waals surface area (Å²) in [5.41, 5.74) is 5.97. The molecule has 1 fully saturated rings. The van der Waals surface area contributed by atoms with Crippen LogP contribution in [-0.4, -0.2) is 44.2 Å². The van der Waals surface area contributed by atoms with Crippen molar-refractivity contribution in [3.8, 4) is 11.5 Å². The van der Waals surface area contributed by atoms with E-state index in [1.807, 2.05) is 24.3 Å². The number of hydrogen-bond acceptors (Lipinski definition) is 4. The number of amides is 1. The van der Waals surface area contributed by atoms with Crippen LogP contribution >= 0.6 is 0 Å². The van der Waals surface area contributed by atoms with Crippen molar-refractivity contribution in [2.75, 3.05) is 27.3 Å². The van der Waals surface area contributed by atoms with E-state index < -0.39 is 0 Å². The lowest BCUT2D eigenvalue weighted by Crippen LogP contribution is -2.36. The van der Waals surface area contributed by atoms with Gasteiger partial charge in [0.2, 0.25) is 5.91 Å². The van der Waals surface area contributed by atoms with E-state index in [0.29, 0.717) is 25.5 Å². The van der Waals surface area contributed by atoms with Crippen LogP contribution in [0, 0.1) is 5.92 Å². The van der Waals surface area contributed by atoms with Gasteiger partial charge in [-0.3, -0.25) is 4.79 Å². The largest absolute Gasteiger partial charge is 0.497 e. The zero-order valence-corrected chi connectivity index (χ0v) is 12.7. The molecule has 0 aliphatic heterocycles. The van der Waals surface area contributed by atoms with Crippen molar-refractivity contribution in [2.45, 2.75) is 25.3 Å². The zero-order valence-electron chi connectivity index (χ0n) is 12.7. The summed E-state index contributed by atoms with van der Waals surface area (Å²) >= 11 is 0. The second-order valence-corrected chi connectivity index (χ2v) is 5.54. The number of hydrogen-bond donors (Lipinski definition) is 1. The number of nitrogens with two attached hydrogens (primary N) is 1. The lowest BCUT2D eigenvalue weighted by atomic mass is 10.1. The Kier molecular flexibility index (Phi) is 5.44. The van der Waals surface area contributed by atoms with Gasteiger partial charge in [-0.1, -0.05) is 0 Å². The summed E-state index contributed by atoms with van der Waals surface area (Å²) in [6.07, 6.45) is 2.77. The first-order chi connectivity index (χ1) is 10.1. The summed E-state index contributed by atoms with van der Waals surface area (Å²) in [6, 6.07) is 7.41. The zero-order chi connectivity index (χ0) is 15.2. The molecule has 1 amide bonds. The average Bonchev–Trinajstić information content (AvgIpc) is 3.32. The third kappa shape index (κ3) is 4.93. The van der Waals surface area contributed by atoms with E-state index in [2.05, 4.69) is 0 Å². The summed E-state index contributed by atoms with van der Waals surface area (Å²) in [7, 11) is 3.42. The van der Waals surface area contributed by atoms with Crippen LogP contribution in [0.4, 0.5) is 0 Å². The normalized spacial score (nSPS) is 15.4. The van der Waals surface area contributed by atoms with Gasteiger partial charge in [-0.25, -0.2) is 0 Å². The van der Waals surface area contributed by atoms with Gasteiger partial charge < -0.3 is 20.1 Å². The Morgan fingerprint density at radius 3 is 2.52 bits per heavy atom. The molecule has 1 aromatic carbocycles. The van der Waals surface area contributed by atoms with E-state index in [9.17, 15) is 4.79 Å². The molecule has 116 valence electrons. The van der Waals surface area contributed by atoms with Crippen LogP contribution in [0.25, 0.3) is 0 Å². The highest BCUT2D eigenvalue weighted by Gasteiger charge is 2.30. The minimum Gasteiger partial charge on any atom is -0.497 e. The molecule has 5 nitrogen and oxygen atoms in total. The Morgan fingerprint density at radius 1 is 1.33 bits per heavy atom. The molecule has 0 bridgehead atoms. The van der Waals surface area contributed by atoms with E-state index in [-0.39, 0.29) is 11.9 Å². The number of likely N-dealkylation sites (N-methyl/N-ethyl adjacent to an activating group) is 1. The van der Waals surface area contributed by atoms with Gasteiger partial charge >= 0.3 is 0 Å². The molecule has 1 aliphatic carbocycles. The topological polar surface area (TPSA) is 64.8 Å². The fourth-order valence-corrected chi connectivity index (χ4v) is 2.15. The first-order valence-corrected chi connectivity index (χ1v) is 7.36. The van der Waals surface area contributed by atoms with Gasteiger partial charge in [-0.05, 0) is 43.0 Å². The molecule has 0 aromatic heterocycles. The molecule has 1 saturated carbocycles. The first-order valence-electron chi connectivity index (χ1n) is 7.36. The lowest BCUT2D eigenvalue weighted by molar-refractivity contribution is -0.130. The summed E-state index contributed by atoms with van der Waals surface area (Å²) in [5, 5.41) is 0. The highest BCUT2D eigenvalue weighted by Crippen LogP contribution is 2.32.